The lowest BCUT2D eigenvalue weighted by Crippen LogP contribution is -2.39. The maximum atomic E-state index is 12.6. The van der Waals surface area contributed by atoms with Crippen LogP contribution >= 0.6 is 22.9 Å². The Morgan fingerprint density at radius 2 is 2.09 bits per heavy atom. The number of methoxy groups -OCH3 is 1. The highest BCUT2D eigenvalue weighted by molar-refractivity contribution is 7.91. The normalized spacial score (nSPS) is 24.4. The lowest BCUT2D eigenvalue weighted by Gasteiger charge is -2.31. The largest absolute Gasteiger partial charge is 0.469 e. The Hall–Kier alpha value is -0.630. The van der Waals surface area contributed by atoms with Gasteiger partial charge in [-0.15, -0.1) is 11.3 Å². The van der Waals surface area contributed by atoms with E-state index in [2.05, 4.69) is 0 Å². The van der Waals surface area contributed by atoms with Crippen LogP contribution in [0.4, 0.5) is 0 Å². The van der Waals surface area contributed by atoms with Crippen molar-refractivity contribution in [2.24, 2.45) is 11.3 Å². The molecule has 1 spiro atoms. The number of carbonyl (C=O) groups is 1. The van der Waals surface area contributed by atoms with Crippen LogP contribution in [0.15, 0.2) is 10.3 Å². The van der Waals surface area contributed by atoms with E-state index >= 15 is 0 Å². The molecule has 1 aliphatic carbocycles. The Morgan fingerprint density at radius 3 is 2.59 bits per heavy atom. The molecule has 1 unspecified atom stereocenters. The van der Waals surface area contributed by atoms with Crippen molar-refractivity contribution < 1.29 is 17.9 Å². The van der Waals surface area contributed by atoms with Crippen LogP contribution in [0.25, 0.3) is 0 Å². The van der Waals surface area contributed by atoms with Crippen molar-refractivity contribution in [1.82, 2.24) is 4.31 Å². The van der Waals surface area contributed by atoms with Crippen molar-refractivity contribution in [3.05, 3.63) is 16.0 Å². The Balaban J connectivity index is 1.70. The Bertz CT molecular complexity index is 685. The van der Waals surface area contributed by atoms with Crippen molar-refractivity contribution >= 4 is 38.9 Å². The van der Waals surface area contributed by atoms with Crippen LogP contribution in [-0.2, 0) is 19.6 Å². The molecule has 1 aromatic heterocycles. The van der Waals surface area contributed by atoms with E-state index < -0.39 is 10.0 Å². The maximum Gasteiger partial charge on any atom is 0.309 e. The highest BCUT2D eigenvalue weighted by Gasteiger charge is 2.60. The van der Waals surface area contributed by atoms with E-state index in [-0.39, 0.29) is 17.3 Å². The van der Waals surface area contributed by atoms with E-state index in [0.717, 1.165) is 23.3 Å². The molecule has 0 aromatic carbocycles. The molecule has 0 N–H and O–H groups in total. The van der Waals surface area contributed by atoms with Gasteiger partial charge in [0.1, 0.15) is 4.21 Å². The van der Waals surface area contributed by atoms with Crippen LogP contribution in [0.5, 0.6) is 0 Å². The predicted molar refractivity (Wildman–Crippen MR) is 84.6 cm³/mol. The minimum absolute atomic E-state index is 0.0396. The molecule has 0 radical (unpaired) electrons. The number of piperidine rings is 1. The van der Waals surface area contributed by atoms with Gasteiger partial charge in [0.15, 0.2) is 0 Å². The molecule has 1 atom stereocenters. The zero-order valence-electron chi connectivity index (χ0n) is 12.5. The molecule has 5 nitrogen and oxygen atoms in total. The molecular formula is C14H18ClNO4S2. The van der Waals surface area contributed by atoms with Gasteiger partial charge in [-0.05, 0) is 43.2 Å². The van der Waals surface area contributed by atoms with Crippen molar-refractivity contribution in [2.45, 2.75) is 30.4 Å². The standard InChI is InChI=1S/C14H18ClNO4S2/c1-9-7-11(21-12(9)15)22(18,19)16-5-3-14(4-6-16)8-10(14)13(17)20-2/h7,10H,3-6,8H2,1-2H3. The fourth-order valence-electron chi connectivity index (χ4n) is 3.23. The van der Waals surface area contributed by atoms with Crippen molar-refractivity contribution in [3.63, 3.8) is 0 Å². The molecule has 2 fully saturated rings. The second kappa shape index (κ2) is 5.47. The molecule has 0 amide bonds. The number of esters is 1. The molecule has 1 aromatic rings. The van der Waals surface area contributed by atoms with E-state index in [4.69, 9.17) is 16.3 Å². The molecule has 1 saturated heterocycles. The SMILES string of the molecule is COC(=O)C1CC12CCN(S(=O)(=O)c1cc(C)c(Cl)s1)CC2. The molecule has 122 valence electrons. The highest BCUT2D eigenvalue weighted by atomic mass is 35.5. The number of halogens is 1. The fourth-order valence-corrected chi connectivity index (χ4v) is 6.54. The molecule has 2 heterocycles. The second-order valence-corrected chi connectivity index (χ2v) is 9.89. The predicted octanol–water partition coefficient (Wildman–Crippen LogP) is 2.67. The molecular weight excluding hydrogens is 346 g/mol. The second-order valence-electron chi connectivity index (χ2n) is 6.07. The molecule has 2 aliphatic rings. The number of sulfonamides is 1. The minimum Gasteiger partial charge on any atom is -0.469 e. The number of carbonyl (C=O) groups excluding carboxylic acids is 1. The quantitative estimate of drug-likeness (QED) is 0.774. The van der Waals surface area contributed by atoms with E-state index in [9.17, 15) is 13.2 Å². The topological polar surface area (TPSA) is 63.7 Å². The Kier molecular flexibility index (Phi) is 4.04. The van der Waals surface area contributed by atoms with Gasteiger partial charge in [0.2, 0.25) is 0 Å². The highest BCUT2D eigenvalue weighted by Crippen LogP contribution is 2.60. The molecule has 3 rings (SSSR count). The summed E-state index contributed by atoms with van der Waals surface area (Å²) in [6.45, 7) is 2.70. The number of hydrogen-bond acceptors (Lipinski definition) is 5. The average molecular weight is 364 g/mol. The van der Waals surface area contributed by atoms with Crippen LogP contribution in [0.1, 0.15) is 24.8 Å². The lowest BCUT2D eigenvalue weighted by atomic mass is 9.92. The molecule has 22 heavy (non-hydrogen) atoms. The number of rotatable bonds is 3. The van der Waals surface area contributed by atoms with E-state index in [1.165, 1.54) is 11.4 Å². The Labute approximate surface area is 139 Å². The first-order valence-electron chi connectivity index (χ1n) is 7.14. The van der Waals surface area contributed by atoms with Gasteiger partial charge in [0.25, 0.3) is 10.0 Å². The van der Waals surface area contributed by atoms with Gasteiger partial charge in [-0.25, -0.2) is 8.42 Å². The van der Waals surface area contributed by atoms with Gasteiger partial charge in [0, 0.05) is 13.1 Å². The monoisotopic (exact) mass is 363 g/mol. The van der Waals surface area contributed by atoms with Crippen molar-refractivity contribution in [3.8, 4) is 0 Å². The van der Waals surface area contributed by atoms with Gasteiger partial charge >= 0.3 is 5.97 Å². The van der Waals surface area contributed by atoms with Crippen molar-refractivity contribution in [1.29, 1.82) is 0 Å². The van der Waals surface area contributed by atoms with Gasteiger partial charge in [-0.2, -0.15) is 4.31 Å². The van der Waals surface area contributed by atoms with Gasteiger partial charge < -0.3 is 4.74 Å². The molecule has 1 aliphatic heterocycles. The van der Waals surface area contributed by atoms with Crippen LogP contribution in [0.3, 0.4) is 0 Å². The van der Waals surface area contributed by atoms with E-state index in [1.807, 2.05) is 0 Å². The summed E-state index contributed by atoms with van der Waals surface area (Å²) in [6.07, 6.45) is 2.24. The zero-order chi connectivity index (χ0) is 16.1. The summed E-state index contributed by atoms with van der Waals surface area (Å²) >= 11 is 7.08. The summed E-state index contributed by atoms with van der Waals surface area (Å²) in [4.78, 5) is 11.6. The van der Waals surface area contributed by atoms with Gasteiger partial charge in [0.05, 0.1) is 17.4 Å². The minimum atomic E-state index is -3.48. The summed E-state index contributed by atoms with van der Waals surface area (Å²) in [5.41, 5.74) is 0.744. The van der Waals surface area contributed by atoms with Crippen LogP contribution in [-0.4, -0.2) is 38.9 Å². The lowest BCUT2D eigenvalue weighted by molar-refractivity contribution is -0.143. The zero-order valence-corrected chi connectivity index (χ0v) is 14.9. The molecule has 1 saturated carbocycles. The summed E-state index contributed by atoms with van der Waals surface area (Å²) in [5.74, 6) is -0.224. The average Bonchev–Trinajstić information content (AvgIpc) is 3.07. The summed E-state index contributed by atoms with van der Waals surface area (Å²) in [7, 11) is -2.08. The maximum absolute atomic E-state index is 12.6. The first-order valence-corrected chi connectivity index (χ1v) is 9.77. The number of nitrogens with zero attached hydrogens (tertiary/aromatic N) is 1. The summed E-state index contributed by atoms with van der Waals surface area (Å²) < 4.78 is 32.4. The molecule has 0 bridgehead atoms. The van der Waals surface area contributed by atoms with Gasteiger partial charge in [-0.1, -0.05) is 11.6 Å². The number of thiophene rings is 1. The third-order valence-electron chi connectivity index (χ3n) is 4.82. The first-order chi connectivity index (χ1) is 10.3. The number of hydrogen-bond donors (Lipinski definition) is 0. The Morgan fingerprint density at radius 1 is 1.45 bits per heavy atom. The first kappa shape index (κ1) is 16.2. The van der Waals surface area contributed by atoms with E-state index in [0.29, 0.717) is 34.5 Å². The van der Waals surface area contributed by atoms with Crippen molar-refractivity contribution in [2.75, 3.05) is 20.2 Å². The van der Waals surface area contributed by atoms with E-state index in [1.54, 1.807) is 13.0 Å². The van der Waals surface area contributed by atoms with Crippen LogP contribution in [0, 0.1) is 18.3 Å². The van der Waals surface area contributed by atoms with Crippen LogP contribution in [0.2, 0.25) is 4.34 Å². The van der Waals surface area contributed by atoms with Gasteiger partial charge in [-0.3, -0.25) is 4.79 Å². The molecule has 8 heteroatoms. The number of ether oxygens (including phenoxy) is 1. The number of aryl methyl sites for hydroxylation is 1. The smallest absolute Gasteiger partial charge is 0.309 e. The van der Waals surface area contributed by atoms with Crippen LogP contribution < -0.4 is 0 Å². The fraction of sp³-hybridized carbons (Fsp3) is 0.643. The summed E-state index contributed by atoms with van der Waals surface area (Å²) in [6, 6.07) is 1.63. The summed E-state index contributed by atoms with van der Waals surface area (Å²) in [5, 5.41) is 0. The third kappa shape index (κ3) is 2.58. The third-order valence-corrected chi connectivity index (χ3v) is 8.73.